The smallest absolute Gasteiger partial charge is 0.386 e. The number of hydrogen-bond acceptors (Lipinski definition) is 3. The van der Waals surface area contributed by atoms with E-state index >= 15 is 0 Å². The van der Waals surface area contributed by atoms with Crippen molar-refractivity contribution in [1.82, 2.24) is 0 Å². The summed E-state index contributed by atoms with van der Waals surface area (Å²) in [5.74, 6) is -3.79. The summed E-state index contributed by atoms with van der Waals surface area (Å²) in [6.07, 6.45) is -5.60. The van der Waals surface area contributed by atoms with Gasteiger partial charge in [-0.2, -0.15) is 13.2 Å². The molecule has 17 heavy (non-hydrogen) atoms. The quantitative estimate of drug-likeness (QED) is 0.610. The van der Waals surface area contributed by atoms with Gasteiger partial charge in [0.15, 0.2) is 0 Å². The highest BCUT2D eigenvalue weighted by Gasteiger charge is 2.42. The Morgan fingerprint density at radius 1 is 1.18 bits per heavy atom. The predicted molar refractivity (Wildman–Crippen MR) is 52.3 cm³/mol. The fourth-order valence-corrected chi connectivity index (χ4v) is 1.09. The maximum absolute atomic E-state index is 11.8. The first-order valence-corrected chi connectivity index (χ1v) is 4.73. The molecule has 0 aliphatic heterocycles. The van der Waals surface area contributed by atoms with Crippen LogP contribution in [0.1, 0.15) is 5.56 Å². The van der Waals surface area contributed by atoms with Gasteiger partial charge in [0.25, 0.3) is 0 Å². The molecule has 0 aliphatic carbocycles. The molecule has 0 heterocycles. The lowest BCUT2D eigenvalue weighted by atomic mass is 10.1. The van der Waals surface area contributed by atoms with Crippen molar-refractivity contribution in [1.29, 1.82) is 0 Å². The molecule has 7 heteroatoms. The van der Waals surface area contributed by atoms with Crippen LogP contribution in [0.15, 0.2) is 24.3 Å². The number of esters is 2. The van der Waals surface area contributed by atoms with Crippen LogP contribution in [0.4, 0.5) is 13.2 Å². The number of carbonyl (C=O) groups is 2. The Balaban J connectivity index is 2.56. The highest BCUT2D eigenvalue weighted by Crippen LogP contribution is 2.17. The summed E-state index contributed by atoms with van der Waals surface area (Å²) in [6.45, 7) is 0. The predicted octanol–water partition coefficient (Wildman–Crippen LogP) is 2.51. The molecule has 92 valence electrons. The summed E-state index contributed by atoms with van der Waals surface area (Å²) >= 11 is 5.57. The number of hydrogen-bond donors (Lipinski definition) is 0. The van der Waals surface area contributed by atoms with E-state index in [-0.39, 0.29) is 0 Å². The molecule has 0 aromatic heterocycles. The van der Waals surface area contributed by atoms with Crippen LogP contribution in [0.3, 0.4) is 0 Å². The first-order valence-electron chi connectivity index (χ1n) is 4.35. The van der Waals surface area contributed by atoms with Gasteiger partial charge in [0.05, 0.1) is 6.42 Å². The van der Waals surface area contributed by atoms with E-state index in [0.29, 0.717) is 10.6 Å². The zero-order valence-electron chi connectivity index (χ0n) is 8.25. The number of benzene rings is 1. The van der Waals surface area contributed by atoms with Crippen molar-refractivity contribution in [2.24, 2.45) is 0 Å². The second-order valence-corrected chi connectivity index (χ2v) is 3.50. The van der Waals surface area contributed by atoms with Gasteiger partial charge in [0.2, 0.25) is 0 Å². The van der Waals surface area contributed by atoms with E-state index in [9.17, 15) is 22.8 Å². The molecule has 1 aromatic rings. The van der Waals surface area contributed by atoms with Crippen molar-refractivity contribution in [3.05, 3.63) is 34.9 Å². The lowest BCUT2D eigenvalue weighted by Gasteiger charge is -2.05. The molecule has 0 aliphatic rings. The monoisotopic (exact) mass is 266 g/mol. The average Bonchev–Trinajstić information content (AvgIpc) is 2.20. The van der Waals surface area contributed by atoms with Crippen molar-refractivity contribution in [2.75, 3.05) is 0 Å². The summed E-state index contributed by atoms with van der Waals surface area (Å²) in [7, 11) is 0. The second-order valence-electron chi connectivity index (χ2n) is 3.06. The molecule has 0 bridgehead atoms. The van der Waals surface area contributed by atoms with Crippen LogP contribution in [0, 0.1) is 0 Å². The van der Waals surface area contributed by atoms with Crippen LogP contribution in [-0.4, -0.2) is 18.1 Å². The van der Waals surface area contributed by atoms with E-state index in [4.69, 9.17) is 11.6 Å². The maximum atomic E-state index is 11.8. The Morgan fingerprint density at radius 2 is 1.71 bits per heavy atom. The van der Waals surface area contributed by atoms with Crippen LogP contribution in [0.25, 0.3) is 0 Å². The molecular weight excluding hydrogens is 261 g/mol. The van der Waals surface area contributed by atoms with Crippen LogP contribution in [0.2, 0.25) is 5.02 Å². The van der Waals surface area contributed by atoms with E-state index in [1.807, 2.05) is 0 Å². The van der Waals surface area contributed by atoms with E-state index in [1.165, 1.54) is 24.3 Å². The van der Waals surface area contributed by atoms with Crippen molar-refractivity contribution in [3.63, 3.8) is 0 Å². The number of carbonyl (C=O) groups excluding carboxylic acids is 2. The van der Waals surface area contributed by atoms with Gasteiger partial charge in [-0.15, -0.1) is 0 Å². The van der Waals surface area contributed by atoms with Crippen molar-refractivity contribution >= 4 is 23.5 Å². The van der Waals surface area contributed by atoms with Crippen LogP contribution >= 0.6 is 11.6 Å². The fourth-order valence-electron chi connectivity index (χ4n) is 0.966. The minimum atomic E-state index is -5.17. The zero-order valence-corrected chi connectivity index (χ0v) is 9.01. The van der Waals surface area contributed by atoms with E-state index in [2.05, 4.69) is 4.74 Å². The highest BCUT2D eigenvalue weighted by atomic mass is 35.5. The first-order chi connectivity index (χ1) is 7.79. The minimum Gasteiger partial charge on any atom is -0.386 e. The Kier molecular flexibility index (Phi) is 4.11. The number of rotatable bonds is 2. The summed E-state index contributed by atoms with van der Waals surface area (Å²) in [4.78, 5) is 21.3. The molecule has 0 spiro atoms. The van der Waals surface area contributed by atoms with Gasteiger partial charge >= 0.3 is 18.1 Å². The van der Waals surface area contributed by atoms with Crippen LogP contribution < -0.4 is 0 Å². The second kappa shape index (κ2) is 5.18. The van der Waals surface area contributed by atoms with Crippen molar-refractivity contribution in [2.45, 2.75) is 12.6 Å². The van der Waals surface area contributed by atoms with E-state index < -0.39 is 24.5 Å². The molecule has 0 unspecified atom stereocenters. The summed E-state index contributed by atoms with van der Waals surface area (Å²) in [5, 5.41) is 0.425. The van der Waals surface area contributed by atoms with Gasteiger partial charge in [-0.05, 0) is 17.7 Å². The third-order valence-electron chi connectivity index (χ3n) is 1.70. The SMILES string of the molecule is O=C(Cc1ccc(Cl)cc1)OC(=O)C(F)(F)F. The van der Waals surface area contributed by atoms with Gasteiger partial charge in [0.1, 0.15) is 0 Å². The fraction of sp³-hybridized carbons (Fsp3) is 0.200. The van der Waals surface area contributed by atoms with E-state index in [0.717, 1.165) is 0 Å². The molecule has 1 rings (SSSR count). The molecule has 0 fully saturated rings. The van der Waals surface area contributed by atoms with Gasteiger partial charge in [-0.25, -0.2) is 4.79 Å². The third-order valence-corrected chi connectivity index (χ3v) is 1.95. The summed E-state index contributed by atoms with van der Waals surface area (Å²) in [5.41, 5.74) is 0.398. The molecule has 0 saturated heterocycles. The number of alkyl halides is 3. The Labute approximate surface area is 99.1 Å². The molecular formula is C10H6ClF3O3. The summed E-state index contributed by atoms with van der Waals surface area (Å²) in [6, 6.07) is 5.83. The van der Waals surface area contributed by atoms with Gasteiger partial charge in [0, 0.05) is 5.02 Å². The maximum Gasteiger partial charge on any atom is 0.491 e. The minimum absolute atomic E-state index is 0.398. The largest absolute Gasteiger partial charge is 0.491 e. The van der Waals surface area contributed by atoms with E-state index in [1.54, 1.807) is 0 Å². The summed E-state index contributed by atoms with van der Waals surface area (Å²) < 4.78 is 38.9. The topological polar surface area (TPSA) is 43.4 Å². The van der Waals surface area contributed by atoms with Gasteiger partial charge < -0.3 is 4.74 Å². The van der Waals surface area contributed by atoms with Crippen molar-refractivity contribution in [3.8, 4) is 0 Å². The standard InChI is InChI=1S/C10H6ClF3O3/c11-7-3-1-6(2-4-7)5-8(15)17-9(16)10(12,13)14/h1-4H,5H2. The molecule has 0 radical (unpaired) electrons. The van der Waals surface area contributed by atoms with Crippen LogP contribution in [-0.2, 0) is 20.7 Å². The van der Waals surface area contributed by atoms with Crippen LogP contribution in [0.5, 0.6) is 0 Å². The third kappa shape index (κ3) is 4.44. The number of ether oxygens (including phenoxy) is 1. The van der Waals surface area contributed by atoms with Gasteiger partial charge in [-0.3, -0.25) is 4.79 Å². The Bertz CT molecular complexity index is 425. The highest BCUT2D eigenvalue weighted by molar-refractivity contribution is 6.30. The Morgan fingerprint density at radius 3 is 2.18 bits per heavy atom. The average molecular weight is 267 g/mol. The molecule has 0 saturated carbocycles. The Hall–Kier alpha value is -1.56. The van der Waals surface area contributed by atoms with Gasteiger partial charge in [-0.1, -0.05) is 23.7 Å². The first kappa shape index (κ1) is 13.5. The normalized spacial score (nSPS) is 11.1. The lowest BCUT2D eigenvalue weighted by molar-refractivity contribution is -0.201. The lowest BCUT2D eigenvalue weighted by Crippen LogP contribution is -2.28. The molecule has 0 N–H and O–H groups in total. The number of halogens is 4. The van der Waals surface area contributed by atoms with Crippen molar-refractivity contribution < 1.29 is 27.5 Å². The molecule has 0 amide bonds. The molecule has 3 nitrogen and oxygen atoms in total. The zero-order chi connectivity index (χ0) is 13.1. The molecule has 1 aromatic carbocycles. The molecule has 0 atom stereocenters.